The van der Waals surface area contributed by atoms with Gasteiger partial charge in [-0.3, -0.25) is 0 Å². The first-order chi connectivity index (χ1) is 6.25. The number of aliphatic hydroxyl groups excluding tert-OH is 1. The first-order valence-corrected chi connectivity index (χ1v) is 4.38. The highest BCUT2D eigenvalue weighted by Gasteiger charge is 2.04. The van der Waals surface area contributed by atoms with Crippen LogP contribution in [0.5, 0.6) is 0 Å². The van der Waals surface area contributed by atoms with Gasteiger partial charge in [-0.15, -0.1) is 12.4 Å². The van der Waals surface area contributed by atoms with Crippen molar-refractivity contribution in [3.63, 3.8) is 0 Å². The van der Waals surface area contributed by atoms with Gasteiger partial charge in [0.25, 0.3) is 0 Å². The molecule has 1 rings (SSSR count). The molecule has 5 heteroatoms. The molecule has 0 aromatic heterocycles. The van der Waals surface area contributed by atoms with Crippen molar-refractivity contribution in [1.29, 1.82) is 0 Å². The van der Waals surface area contributed by atoms with Crippen LogP contribution in [0.1, 0.15) is 5.56 Å². The zero-order chi connectivity index (χ0) is 9.68. The number of nitrogens with one attached hydrogen (secondary N) is 1. The van der Waals surface area contributed by atoms with Gasteiger partial charge in [-0.05, 0) is 12.1 Å². The van der Waals surface area contributed by atoms with E-state index in [4.69, 9.17) is 16.7 Å². The Kier molecular flexibility index (Phi) is 6.83. The van der Waals surface area contributed by atoms with Crippen molar-refractivity contribution in [3.05, 3.63) is 34.6 Å². The summed E-state index contributed by atoms with van der Waals surface area (Å²) < 4.78 is 13.1. The summed E-state index contributed by atoms with van der Waals surface area (Å²) in [6.07, 6.45) is 0. The molecular weight excluding hydrogens is 228 g/mol. The Hall–Kier alpha value is -0.350. The van der Waals surface area contributed by atoms with E-state index >= 15 is 0 Å². The molecule has 2 N–H and O–H groups in total. The third-order valence-corrected chi connectivity index (χ3v) is 2.01. The standard InChI is InChI=1S/C9H11ClFNO.ClH/c10-8-2-1-3-9(11)7(8)6-12-4-5-13;/h1-3,12-13H,4-6H2;1H. The molecule has 0 fully saturated rings. The lowest BCUT2D eigenvalue weighted by atomic mass is 10.2. The smallest absolute Gasteiger partial charge is 0.129 e. The third-order valence-electron chi connectivity index (χ3n) is 1.65. The van der Waals surface area contributed by atoms with E-state index in [0.29, 0.717) is 23.7 Å². The maximum absolute atomic E-state index is 13.1. The monoisotopic (exact) mass is 239 g/mol. The number of hydrogen-bond donors (Lipinski definition) is 2. The number of benzene rings is 1. The van der Waals surface area contributed by atoms with E-state index < -0.39 is 0 Å². The predicted octanol–water partition coefficient (Wildman–Crippen LogP) is 1.98. The second kappa shape index (κ2) is 7.01. The number of hydrogen-bond acceptors (Lipinski definition) is 2. The lowest BCUT2D eigenvalue weighted by Crippen LogP contribution is -2.18. The van der Waals surface area contributed by atoms with E-state index in [-0.39, 0.29) is 24.8 Å². The Morgan fingerprint density at radius 2 is 2.14 bits per heavy atom. The maximum atomic E-state index is 13.1. The SMILES string of the molecule is Cl.OCCNCc1c(F)cccc1Cl. The van der Waals surface area contributed by atoms with E-state index in [9.17, 15) is 4.39 Å². The zero-order valence-electron chi connectivity index (χ0n) is 7.46. The van der Waals surface area contributed by atoms with E-state index in [0.717, 1.165) is 0 Å². The fourth-order valence-electron chi connectivity index (χ4n) is 0.994. The van der Waals surface area contributed by atoms with Crippen LogP contribution in [0.3, 0.4) is 0 Å². The fraction of sp³-hybridized carbons (Fsp3) is 0.333. The highest BCUT2D eigenvalue weighted by molar-refractivity contribution is 6.31. The van der Waals surface area contributed by atoms with Crippen LogP contribution in [0, 0.1) is 5.82 Å². The normalized spacial score (nSPS) is 9.64. The predicted molar refractivity (Wildman–Crippen MR) is 57.5 cm³/mol. The van der Waals surface area contributed by atoms with Crippen molar-refractivity contribution in [3.8, 4) is 0 Å². The highest BCUT2D eigenvalue weighted by Crippen LogP contribution is 2.18. The van der Waals surface area contributed by atoms with Gasteiger partial charge in [0.1, 0.15) is 5.82 Å². The highest BCUT2D eigenvalue weighted by atomic mass is 35.5. The van der Waals surface area contributed by atoms with Crippen LogP contribution in [0.4, 0.5) is 4.39 Å². The molecule has 0 heterocycles. The van der Waals surface area contributed by atoms with E-state index in [1.807, 2.05) is 0 Å². The first-order valence-electron chi connectivity index (χ1n) is 4.00. The van der Waals surface area contributed by atoms with Crippen LogP contribution < -0.4 is 5.32 Å². The average molecular weight is 240 g/mol. The van der Waals surface area contributed by atoms with Crippen molar-refractivity contribution in [2.24, 2.45) is 0 Å². The molecule has 0 amide bonds. The lowest BCUT2D eigenvalue weighted by molar-refractivity contribution is 0.291. The second-order valence-electron chi connectivity index (χ2n) is 2.60. The molecule has 0 atom stereocenters. The molecular formula is C9H12Cl2FNO. The van der Waals surface area contributed by atoms with Gasteiger partial charge in [0.2, 0.25) is 0 Å². The van der Waals surface area contributed by atoms with E-state index in [2.05, 4.69) is 5.32 Å². The molecule has 0 radical (unpaired) electrons. The van der Waals surface area contributed by atoms with Gasteiger partial charge in [-0.1, -0.05) is 17.7 Å². The average Bonchev–Trinajstić information content (AvgIpc) is 2.10. The van der Waals surface area contributed by atoms with Crippen LogP contribution in [-0.4, -0.2) is 18.3 Å². The van der Waals surface area contributed by atoms with Gasteiger partial charge >= 0.3 is 0 Å². The third kappa shape index (κ3) is 3.80. The molecule has 0 saturated heterocycles. The lowest BCUT2D eigenvalue weighted by Gasteiger charge is -2.06. The van der Waals surface area contributed by atoms with Crippen LogP contribution in [-0.2, 0) is 6.54 Å². The van der Waals surface area contributed by atoms with Crippen molar-refractivity contribution >= 4 is 24.0 Å². The van der Waals surface area contributed by atoms with Gasteiger partial charge in [0, 0.05) is 23.7 Å². The summed E-state index contributed by atoms with van der Waals surface area (Å²) >= 11 is 5.77. The number of aliphatic hydroxyl groups is 1. The van der Waals surface area contributed by atoms with E-state index in [1.54, 1.807) is 12.1 Å². The van der Waals surface area contributed by atoms with Crippen LogP contribution in [0.2, 0.25) is 5.02 Å². The topological polar surface area (TPSA) is 32.3 Å². The van der Waals surface area contributed by atoms with Gasteiger partial charge in [0.15, 0.2) is 0 Å². The van der Waals surface area contributed by atoms with Crippen molar-refractivity contribution in [2.45, 2.75) is 6.54 Å². The Balaban J connectivity index is 0.00000169. The minimum Gasteiger partial charge on any atom is -0.395 e. The summed E-state index contributed by atoms with van der Waals surface area (Å²) in [5, 5.41) is 11.8. The molecule has 0 spiro atoms. The summed E-state index contributed by atoms with van der Waals surface area (Å²) in [6, 6.07) is 4.57. The quantitative estimate of drug-likeness (QED) is 0.789. The second-order valence-corrected chi connectivity index (χ2v) is 3.01. The number of rotatable bonds is 4. The summed E-state index contributed by atoms with van der Waals surface area (Å²) in [4.78, 5) is 0. The van der Waals surface area contributed by atoms with Crippen LogP contribution in [0.25, 0.3) is 0 Å². The molecule has 1 aromatic rings. The molecule has 1 aromatic carbocycles. The van der Waals surface area contributed by atoms with Gasteiger partial charge in [-0.25, -0.2) is 4.39 Å². The summed E-state index contributed by atoms with van der Waals surface area (Å²) in [5.74, 6) is -0.321. The minimum absolute atomic E-state index is 0. The molecule has 0 unspecified atom stereocenters. The Morgan fingerprint density at radius 1 is 1.43 bits per heavy atom. The maximum Gasteiger partial charge on any atom is 0.129 e. The van der Waals surface area contributed by atoms with Crippen molar-refractivity contribution < 1.29 is 9.50 Å². The minimum atomic E-state index is -0.321. The van der Waals surface area contributed by atoms with Gasteiger partial charge in [0.05, 0.1) is 6.61 Å². The molecule has 2 nitrogen and oxygen atoms in total. The fourth-order valence-corrected chi connectivity index (χ4v) is 1.22. The molecule has 14 heavy (non-hydrogen) atoms. The summed E-state index contributed by atoms with van der Waals surface area (Å²) in [7, 11) is 0. The summed E-state index contributed by atoms with van der Waals surface area (Å²) in [5.41, 5.74) is 0.442. The Labute approximate surface area is 93.5 Å². The molecule has 0 aliphatic heterocycles. The Bertz CT molecular complexity index is 263. The molecule has 0 saturated carbocycles. The largest absolute Gasteiger partial charge is 0.395 e. The van der Waals surface area contributed by atoms with Crippen LogP contribution >= 0.6 is 24.0 Å². The van der Waals surface area contributed by atoms with Gasteiger partial charge in [-0.2, -0.15) is 0 Å². The number of halogens is 3. The molecule has 80 valence electrons. The zero-order valence-corrected chi connectivity index (χ0v) is 9.04. The molecule has 0 bridgehead atoms. The van der Waals surface area contributed by atoms with Gasteiger partial charge < -0.3 is 10.4 Å². The first kappa shape index (κ1) is 13.7. The molecule has 0 aliphatic rings. The Morgan fingerprint density at radius 3 is 2.71 bits per heavy atom. The summed E-state index contributed by atoms with van der Waals surface area (Å²) in [6.45, 7) is 0.808. The molecule has 0 aliphatic carbocycles. The van der Waals surface area contributed by atoms with Crippen molar-refractivity contribution in [2.75, 3.05) is 13.2 Å². The van der Waals surface area contributed by atoms with Crippen molar-refractivity contribution in [1.82, 2.24) is 5.32 Å². The van der Waals surface area contributed by atoms with E-state index in [1.165, 1.54) is 6.07 Å². The van der Waals surface area contributed by atoms with Crippen LogP contribution in [0.15, 0.2) is 18.2 Å².